The minimum Gasteiger partial charge on any atom is -0.439 e. The number of fused-ring (bicyclic) bond motifs is 1. The molecule has 0 radical (unpaired) electrons. The summed E-state index contributed by atoms with van der Waals surface area (Å²) in [6.45, 7) is 4.42. The SMILES string of the molecule is Cc1cc(C)c2nc(CN)oc2c1. The van der Waals surface area contributed by atoms with Crippen molar-refractivity contribution in [2.75, 3.05) is 0 Å². The maximum atomic E-state index is 5.45. The summed E-state index contributed by atoms with van der Waals surface area (Å²) in [5.41, 5.74) is 9.52. The second-order valence-electron chi connectivity index (χ2n) is 3.24. The van der Waals surface area contributed by atoms with Gasteiger partial charge in [0.05, 0.1) is 6.54 Å². The van der Waals surface area contributed by atoms with E-state index in [0.717, 1.165) is 16.7 Å². The van der Waals surface area contributed by atoms with Crippen LogP contribution in [0.15, 0.2) is 16.5 Å². The van der Waals surface area contributed by atoms with Crippen molar-refractivity contribution >= 4 is 11.1 Å². The fourth-order valence-electron chi connectivity index (χ4n) is 1.50. The van der Waals surface area contributed by atoms with Crippen LogP contribution in [0.3, 0.4) is 0 Å². The third-order valence-electron chi connectivity index (χ3n) is 2.05. The first-order chi connectivity index (χ1) is 6.20. The van der Waals surface area contributed by atoms with Gasteiger partial charge in [0, 0.05) is 0 Å². The van der Waals surface area contributed by atoms with Crippen molar-refractivity contribution in [3.05, 3.63) is 29.2 Å². The zero-order valence-corrected chi connectivity index (χ0v) is 7.79. The van der Waals surface area contributed by atoms with Crippen LogP contribution in [0.1, 0.15) is 17.0 Å². The molecule has 1 aromatic heterocycles. The molecule has 0 bridgehead atoms. The molecule has 2 N–H and O–H groups in total. The Morgan fingerprint density at radius 2 is 2.15 bits per heavy atom. The number of nitrogens with two attached hydrogens (primary N) is 1. The molecule has 2 aromatic rings. The quantitative estimate of drug-likeness (QED) is 0.722. The third-order valence-corrected chi connectivity index (χ3v) is 2.05. The van der Waals surface area contributed by atoms with Crippen LogP contribution in [0, 0.1) is 13.8 Å². The van der Waals surface area contributed by atoms with Crippen molar-refractivity contribution in [3.8, 4) is 0 Å². The zero-order chi connectivity index (χ0) is 9.42. The smallest absolute Gasteiger partial charge is 0.209 e. The fourth-order valence-corrected chi connectivity index (χ4v) is 1.50. The van der Waals surface area contributed by atoms with Gasteiger partial charge in [0.1, 0.15) is 5.52 Å². The summed E-state index contributed by atoms with van der Waals surface area (Å²) in [6.07, 6.45) is 0. The lowest BCUT2D eigenvalue weighted by Crippen LogP contribution is -1.95. The Morgan fingerprint density at radius 3 is 2.85 bits per heavy atom. The first kappa shape index (κ1) is 8.26. The van der Waals surface area contributed by atoms with E-state index in [4.69, 9.17) is 10.2 Å². The first-order valence-electron chi connectivity index (χ1n) is 4.27. The average Bonchev–Trinajstić information content (AvgIpc) is 2.47. The maximum absolute atomic E-state index is 5.45. The van der Waals surface area contributed by atoms with Crippen molar-refractivity contribution in [2.45, 2.75) is 20.4 Å². The molecule has 0 aliphatic carbocycles. The van der Waals surface area contributed by atoms with Crippen molar-refractivity contribution in [3.63, 3.8) is 0 Å². The molecule has 0 unspecified atom stereocenters. The number of hydrogen-bond donors (Lipinski definition) is 1. The van der Waals surface area contributed by atoms with Gasteiger partial charge in [0.2, 0.25) is 5.89 Å². The molecule has 0 aliphatic heterocycles. The maximum Gasteiger partial charge on any atom is 0.209 e. The van der Waals surface area contributed by atoms with E-state index in [9.17, 15) is 0 Å². The number of aryl methyl sites for hydroxylation is 2. The molecule has 0 amide bonds. The molecule has 0 aliphatic rings. The Labute approximate surface area is 76.6 Å². The third kappa shape index (κ3) is 1.31. The minimum atomic E-state index is 0.354. The molecule has 1 heterocycles. The molecule has 0 atom stereocenters. The van der Waals surface area contributed by atoms with Crippen molar-refractivity contribution < 1.29 is 4.42 Å². The summed E-state index contributed by atoms with van der Waals surface area (Å²) in [5, 5.41) is 0. The molecule has 68 valence electrons. The molecular weight excluding hydrogens is 164 g/mol. The van der Waals surface area contributed by atoms with E-state index < -0.39 is 0 Å². The molecule has 13 heavy (non-hydrogen) atoms. The van der Waals surface area contributed by atoms with E-state index in [1.807, 2.05) is 19.9 Å². The van der Waals surface area contributed by atoms with Gasteiger partial charge in [0.15, 0.2) is 5.58 Å². The summed E-state index contributed by atoms with van der Waals surface area (Å²) < 4.78 is 5.44. The zero-order valence-electron chi connectivity index (χ0n) is 7.79. The molecular formula is C10H12N2O. The normalized spacial score (nSPS) is 11.0. The summed E-state index contributed by atoms with van der Waals surface area (Å²) in [6, 6.07) is 4.07. The minimum absolute atomic E-state index is 0.354. The highest BCUT2D eigenvalue weighted by Crippen LogP contribution is 2.20. The lowest BCUT2D eigenvalue weighted by molar-refractivity contribution is 0.533. The highest BCUT2D eigenvalue weighted by atomic mass is 16.3. The van der Waals surface area contributed by atoms with Gasteiger partial charge in [-0.05, 0) is 31.0 Å². The van der Waals surface area contributed by atoms with Gasteiger partial charge in [0.25, 0.3) is 0 Å². The lowest BCUT2D eigenvalue weighted by Gasteiger charge is -1.94. The Kier molecular flexibility index (Phi) is 1.81. The van der Waals surface area contributed by atoms with E-state index in [1.54, 1.807) is 0 Å². The Hall–Kier alpha value is -1.35. The van der Waals surface area contributed by atoms with Crippen LogP contribution < -0.4 is 5.73 Å². The van der Waals surface area contributed by atoms with Crippen LogP contribution in [0.25, 0.3) is 11.1 Å². The van der Waals surface area contributed by atoms with Crippen LogP contribution in [0.2, 0.25) is 0 Å². The average molecular weight is 176 g/mol. The monoisotopic (exact) mass is 176 g/mol. The Bertz CT molecular complexity index is 445. The molecule has 3 nitrogen and oxygen atoms in total. The first-order valence-corrected chi connectivity index (χ1v) is 4.27. The molecule has 1 aromatic carbocycles. The van der Waals surface area contributed by atoms with Gasteiger partial charge in [-0.2, -0.15) is 0 Å². The molecule has 0 spiro atoms. The summed E-state index contributed by atoms with van der Waals surface area (Å²) >= 11 is 0. The van der Waals surface area contributed by atoms with Crippen LogP contribution in [-0.4, -0.2) is 4.98 Å². The molecule has 0 saturated carbocycles. The van der Waals surface area contributed by atoms with Gasteiger partial charge in [-0.1, -0.05) is 6.07 Å². The number of nitrogens with zero attached hydrogens (tertiary/aromatic N) is 1. The molecule has 2 rings (SSSR count). The van der Waals surface area contributed by atoms with Crippen LogP contribution in [0.4, 0.5) is 0 Å². The fraction of sp³-hybridized carbons (Fsp3) is 0.300. The van der Waals surface area contributed by atoms with Crippen LogP contribution in [0.5, 0.6) is 0 Å². The van der Waals surface area contributed by atoms with E-state index in [2.05, 4.69) is 11.1 Å². The van der Waals surface area contributed by atoms with Gasteiger partial charge in [-0.15, -0.1) is 0 Å². The van der Waals surface area contributed by atoms with Crippen molar-refractivity contribution in [1.82, 2.24) is 4.98 Å². The Morgan fingerprint density at radius 1 is 1.38 bits per heavy atom. The predicted molar refractivity (Wildman–Crippen MR) is 51.4 cm³/mol. The van der Waals surface area contributed by atoms with Gasteiger partial charge in [-0.3, -0.25) is 0 Å². The summed E-state index contributed by atoms with van der Waals surface area (Å²) in [5.74, 6) is 0.601. The summed E-state index contributed by atoms with van der Waals surface area (Å²) in [7, 11) is 0. The highest BCUT2D eigenvalue weighted by Gasteiger charge is 2.06. The Balaban J connectivity index is 2.75. The molecule has 0 saturated heterocycles. The van der Waals surface area contributed by atoms with Crippen molar-refractivity contribution in [2.24, 2.45) is 5.73 Å². The van der Waals surface area contributed by atoms with Gasteiger partial charge >= 0.3 is 0 Å². The molecule has 0 fully saturated rings. The van der Waals surface area contributed by atoms with Crippen LogP contribution in [-0.2, 0) is 6.54 Å². The lowest BCUT2D eigenvalue weighted by atomic mass is 10.1. The van der Waals surface area contributed by atoms with E-state index >= 15 is 0 Å². The van der Waals surface area contributed by atoms with E-state index in [0.29, 0.717) is 12.4 Å². The summed E-state index contributed by atoms with van der Waals surface area (Å²) in [4.78, 5) is 4.28. The molecule has 3 heteroatoms. The predicted octanol–water partition coefficient (Wildman–Crippen LogP) is 1.90. The van der Waals surface area contributed by atoms with Crippen molar-refractivity contribution in [1.29, 1.82) is 0 Å². The number of oxazole rings is 1. The standard InChI is InChI=1S/C10H12N2O/c1-6-3-7(2)10-8(4-6)13-9(5-11)12-10/h3-4H,5,11H2,1-2H3. The second-order valence-corrected chi connectivity index (χ2v) is 3.24. The topological polar surface area (TPSA) is 52.0 Å². The number of hydrogen-bond acceptors (Lipinski definition) is 3. The second kappa shape index (κ2) is 2.85. The van der Waals surface area contributed by atoms with E-state index in [1.165, 1.54) is 5.56 Å². The van der Waals surface area contributed by atoms with Gasteiger partial charge < -0.3 is 10.2 Å². The van der Waals surface area contributed by atoms with Crippen LogP contribution >= 0.6 is 0 Å². The number of aromatic nitrogens is 1. The largest absolute Gasteiger partial charge is 0.439 e. The highest BCUT2D eigenvalue weighted by molar-refractivity contribution is 5.77. The van der Waals surface area contributed by atoms with Gasteiger partial charge in [-0.25, -0.2) is 4.98 Å². The number of rotatable bonds is 1. The van der Waals surface area contributed by atoms with E-state index in [-0.39, 0.29) is 0 Å². The number of benzene rings is 1.